The molecule has 0 aromatic carbocycles. The first-order chi connectivity index (χ1) is 26.7. The van der Waals surface area contributed by atoms with E-state index in [4.69, 9.17) is 0 Å². The molecule has 4 heteroatoms. The maximum absolute atomic E-state index is 12.4. The topological polar surface area (TPSA) is 69.6 Å². The smallest absolute Gasteiger partial charge is 0.220 e. The Morgan fingerprint density at radius 1 is 0.444 bits per heavy atom. The summed E-state index contributed by atoms with van der Waals surface area (Å²) in [5.74, 6) is -0.0652. The number of aliphatic hydroxyl groups is 2. The van der Waals surface area contributed by atoms with Crippen LogP contribution in [0.3, 0.4) is 0 Å². The molecule has 0 aliphatic carbocycles. The van der Waals surface area contributed by atoms with Gasteiger partial charge in [0.05, 0.1) is 18.8 Å². The molecule has 0 aromatic rings. The van der Waals surface area contributed by atoms with Crippen LogP contribution in [-0.2, 0) is 4.79 Å². The lowest BCUT2D eigenvalue weighted by Gasteiger charge is -2.20. The van der Waals surface area contributed by atoms with Gasteiger partial charge < -0.3 is 15.5 Å². The molecule has 0 fully saturated rings. The average molecular weight is 756 g/mol. The predicted octanol–water partition coefficient (Wildman–Crippen LogP) is 15.1. The maximum Gasteiger partial charge on any atom is 0.220 e. The number of hydrogen-bond acceptors (Lipinski definition) is 3. The summed E-state index contributed by atoms with van der Waals surface area (Å²) in [5, 5.41) is 23.0. The van der Waals surface area contributed by atoms with Crippen molar-refractivity contribution in [2.75, 3.05) is 6.61 Å². The van der Waals surface area contributed by atoms with Crippen molar-refractivity contribution in [3.8, 4) is 0 Å². The summed E-state index contributed by atoms with van der Waals surface area (Å²) in [6, 6.07) is -0.622. The maximum atomic E-state index is 12.4. The molecule has 0 saturated carbocycles. The molecule has 2 unspecified atom stereocenters. The van der Waals surface area contributed by atoms with Crippen LogP contribution in [0.1, 0.15) is 245 Å². The molecular weight excluding hydrogens is 663 g/mol. The Balaban J connectivity index is 3.51. The lowest BCUT2D eigenvalue weighted by molar-refractivity contribution is -0.123. The van der Waals surface area contributed by atoms with Crippen LogP contribution in [0, 0.1) is 0 Å². The average Bonchev–Trinajstić information content (AvgIpc) is 3.18. The summed E-state index contributed by atoms with van der Waals surface area (Å²) in [6.07, 6.45) is 62.3. The van der Waals surface area contributed by atoms with Crippen molar-refractivity contribution in [1.82, 2.24) is 5.32 Å². The minimum atomic E-state index is -0.838. The van der Waals surface area contributed by atoms with E-state index in [1.807, 2.05) is 6.08 Å². The van der Waals surface area contributed by atoms with Gasteiger partial charge >= 0.3 is 0 Å². The minimum absolute atomic E-state index is 0.0652. The summed E-state index contributed by atoms with van der Waals surface area (Å²) < 4.78 is 0. The Kier molecular flexibility index (Phi) is 44.3. The van der Waals surface area contributed by atoms with Crippen LogP contribution >= 0.6 is 0 Å². The van der Waals surface area contributed by atoms with Crippen molar-refractivity contribution in [2.24, 2.45) is 0 Å². The van der Waals surface area contributed by atoms with Crippen LogP contribution in [0.5, 0.6) is 0 Å². The second-order valence-corrected chi connectivity index (χ2v) is 16.2. The van der Waals surface area contributed by atoms with Gasteiger partial charge in [-0.25, -0.2) is 0 Å². The molecule has 2 atom stereocenters. The van der Waals surface area contributed by atoms with E-state index in [0.29, 0.717) is 6.42 Å². The van der Waals surface area contributed by atoms with Gasteiger partial charge in [0.25, 0.3) is 0 Å². The zero-order valence-electron chi connectivity index (χ0n) is 36.2. The number of hydrogen-bond donors (Lipinski definition) is 3. The first-order valence-corrected chi connectivity index (χ1v) is 23.9. The highest BCUT2D eigenvalue weighted by molar-refractivity contribution is 5.76. The number of carbonyl (C=O) groups is 1. The fourth-order valence-electron chi connectivity index (χ4n) is 7.13. The van der Waals surface area contributed by atoms with Gasteiger partial charge in [-0.2, -0.15) is 0 Å². The number of rotatable bonds is 43. The zero-order chi connectivity index (χ0) is 39.3. The summed E-state index contributed by atoms with van der Waals surface area (Å²) in [6.45, 7) is 4.30. The number of allylic oxidation sites excluding steroid dienone is 7. The van der Waals surface area contributed by atoms with Crippen LogP contribution in [0.25, 0.3) is 0 Å². The summed E-state index contributed by atoms with van der Waals surface area (Å²) in [4.78, 5) is 12.4. The van der Waals surface area contributed by atoms with Crippen LogP contribution < -0.4 is 5.32 Å². The molecular formula is C50H93NO3. The van der Waals surface area contributed by atoms with Gasteiger partial charge in [0.15, 0.2) is 0 Å². The van der Waals surface area contributed by atoms with E-state index in [-0.39, 0.29) is 12.5 Å². The molecule has 0 spiro atoms. The Labute approximate surface area is 337 Å². The summed E-state index contributed by atoms with van der Waals surface area (Å²) >= 11 is 0. The first-order valence-electron chi connectivity index (χ1n) is 23.9. The number of carbonyl (C=O) groups excluding carboxylic acids is 1. The molecule has 0 heterocycles. The van der Waals surface area contributed by atoms with Crippen molar-refractivity contribution in [3.05, 3.63) is 48.6 Å². The molecule has 54 heavy (non-hydrogen) atoms. The van der Waals surface area contributed by atoms with Crippen LogP contribution in [0.15, 0.2) is 48.6 Å². The Hall–Kier alpha value is -1.65. The van der Waals surface area contributed by atoms with Crippen LogP contribution in [0.4, 0.5) is 0 Å². The van der Waals surface area contributed by atoms with E-state index in [0.717, 1.165) is 38.5 Å². The van der Waals surface area contributed by atoms with E-state index in [1.54, 1.807) is 6.08 Å². The molecule has 0 saturated heterocycles. The van der Waals surface area contributed by atoms with E-state index < -0.39 is 12.1 Å². The molecule has 0 bridgehead atoms. The van der Waals surface area contributed by atoms with Crippen LogP contribution in [0.2, 0.25) is 0 Å². The fraction of sp³-hybridized carbons (Fsp3) is 0.820. The van der Waals surface area contributed by atoms with Crippen molar-refractivity contribution < 1.29 is 15.0 Å². The molecule has 3 N–H and O–H groups in total. The highest BCUT2D eigenvalue weighted by Crippen LogP contribution is 2.15. The highest BCUT2D eigenvalue weighted by Gasteiger charge is 2.17. The van der Waals surface area contributed by atoms with Gasteiger partial charge in [-0.1, -0.05) is 229 Å². The number of amides is 1. The third kappa shape index (κ3) is 41.5. The van der Waals surface area contributed by atoms with Gasteiger partial charge in [0, 0.05) is 6.42 Å². The van der Waals surface area contributed by atoms with Gasteiger partial charge in [0.1, 0.15) is 0 Å². The SMILES string of the molecule is CCCCCCC/C=C\C/C=C\C/C=C\CCCCCCCCCCCCCCCCC(=O)NC(CO)C(O)/C=C/CCCCCCCCCCCCC. The van der Waals surface area contributed by atoms with E-state index in [9.17, 15) is 15.0 Å². The highest BCUT2D eigenvalue weighted by atomic mass is 16.3. The van der Waals surface area contributed by atoms with E-state index in [2.05, 4.69) is 55.6 Å². The Morgan fingerprint density at radius 3 is 1.13 bits per heavy atom. The van der Waals surface area contributed by atoms with Crippen molar-refractivity contribution in [3.63, 3.8) is 0 Å². The normalized spacial score (nSPS) is 13.3. The quantitative estimate of drug-likeness (QED) is 0.0429. The molecule has 0 aliphatic rings. The largest absolute Gasteiger partial charge is 0.394 e. The second-order valence-electron chi connectivity index (χ2n) is 16.2. The second kappa shape index (κ2) is 45.7. The number of unbranched alkanes of at least 4 members (excludes halogenated alkanes) is 30. The number of aliphatic hydroxyl groups excluding tert-OH is 2. The molecule has 0 aromatic heterocycles. The number of nitrogens with one attached hydrogen (secondary N) is 1. The molecule has 316 valence electrons. The monoisotopic (exact) mass is 756 g/mol. The molecule has 0 radical (unpaired) electrons. The van der Waals surface area contributed by atoms with E-state index in [1.165, 1.54) is 186 Å². The third-order valence-corrected chi connectivity index (χ3v) is 10.8. The third-order valence-electron chi connectivity index (χ3n) is 10.8. The Morgan fingerprint density at radius 2 is 0.759 bits per heavy atom. The standard InChI is InChI=1S/C50H93NO3/c1-3-5-7-9-11-13-15-17-18-19-20-21-22-23-24-25-26-27-28-29-30-31-32-34-36-38-40-42-44-46-50(54)51-48(47-52)49(53)45-43-41-39-37-35-33-16-14-12-10-8-6-4-2/h15,17,19-20,22-23,43,45,48-49,52-53H,3-14,16,18,21,24-42,44,46-47H2,1-2H3,(H,51,54)/b17-15-,20-19-,23-22-,45-43+. The Bertz CT molecular complexity index is 862. The van der Waals surface area contributed by atoms with Gasteiger partial charge in [-0.15, -0.1) is 0 Å². The summed E-state index contributed by atoms with van der Waals surface area (Å²) in [7, 11) is 0. The van der Waals surface area contributed by atoms with Crippen molar-refractivity contribution in [1.29, 1.82) is 0 Å². The van der Waals surface area contributed by atoms with Gasteiger partial charge in [-0.3, -0.25) is 4.79 Å². The van der Waals surface area contributed by atoms with Gasteiger partial charge in [-0.05, 0) is 57.8 Å². The predicted molar refractivity (Wildman–Crippen MR) is 239 cm³/mol. The molecule has 1 amide bonds. The van der Waals surface area contributed by atoms with E-state index >= 15 is 0 Å². The fourth-order valence-corrected chi connectivity index (χ4v) is 7.13. The molecule has 4 nitrogen and oxygen atoms in total. The lowest BCUT2D eigenvalue weighted by Crippen LogP contribution is -2.45. The van der Waals surface area contributed by atoms with Gasteiger partial charge in [0.2, 0.25) is 5.91 Å². The lowest BCUT2D eigenvalue weighted by atomic mass is 10.0. The minimum Gasteiger partial charge on any atom is -0.394 e. The van der Waals surface area contributed by atoms with Crippen molar-refractivity contribution in [2.45, 2.75) is 257 Å². The zero-order valence-corrected chi connectivity index (χ0v) is 36.2. The van der Waals surface area contributed by atoms with Crippen LogP contribution in [-0.4, -0.2) is 34.9 Å². The van der Waals surface area contributed by atoms with Crippen molar-refractivity contribution >= 4 is 5.91 Å². The molecule has 0 aliphatic heterocycles. The molecule has 0 rings (SSSR count). The first kappa shape index (κ1) is 52.3. The summed E-state index contributed by atoms with van der Waals surface area (Å²) in [5.41, 5.74) is 0.